The molecule has 0 saturated carbocycles. The smallest absolute Gasteiger partial charge is 0.275 e. The van der Waals surface area contributed by atoms with Crippen LogP contribution in [0, 0.1) is 0 Å². The number of piperidine rings is 1. The number of nitrogens with zero attached hydrogens (tertiary/aromatic N) is 4. The van der Waals surface area contributed by atoms with Crippen molar-refractivity contribution in [3.8, 4) is 0 Å². The average molecular weight is 307 g/mol. The Morgan fingerprint density at radius 2 is 2.29 bits per heavy atom. The fourth-order valence-corrected chi connectivity index (χ4v) is 3.24. The summed E-state index contributed by atoms with van der Waals surface area (Å²) in [5.74, 6) is 0.128. The Labute approximate surface area is 125 Å². The Bertz CT molecular complexity index is 738. The van der Waals surface area contributed by atoms with Gasteiger partial charge in [-0.05, 0) is 12.8 Å². The number of hydrogen-bond acceptors (Lipinski definition) is 6. The fraction of sp³-hybridized carbons (Fsp3) is 0.538. The number of amides is 1. The van der Waals surface area contributed by atoms with Crippen LogP contribution in [0.25, 0.3) is 4.96 Å². The van der Waals surface area contributed by atoms with E-state index < -0.39 is 0 Å². The van der Waals surface area contributed by atoms with Crippen LogP contribution in [-0.2, 0) is 11.2 Å². The Morgan fingerprint density at radius 1 is 1.48 bits per heavy atom. The number of fused-ring (bicyclic) bond motifs is 1. The van der Waals surface area contributed by atoms with Gasteiger partial charge in [0.15, 0.2) is 0 Å². The normalized spacial score (nSPS) is 19.2. The molecule has 1 unspecified atom stereocenters. The van der Waals surface area contributed by atoms with Crippen molar-refractivity contribution in [2.75, 3.05) is 18.9 Å². The van der Waals surface area contributed by atoms with Gasteiger partial charge in [-0.3, -0.25) is 9.59 Å². The van der Waals surface area contributed by atoms with Crippen LogP contribution in [0.1, 0.15) is 25.5 Å². The lowest BCUT2D eigenvalue weighted by atomic mass is 10.1. The number of nitrogens with one attached hydrogen (secondary N) is 1. The highest BCUT2D eigenvalue weighted by Crippen LogP contribution is 2.21. The maximum Gasteiger partial charge on any atom is 0.275 e. The number of carbonyl (C=O) groups is 1. The van der Waals surface area contributed by atoms with Gasteiger partial charge in [-0.1, -0.05) is 18.3 Å². The third-order valence-electron chi connectivity index (χ3n) is 3.65. The molecule has 3 heterocycles. The van der Waals surface area contributed by atoms with Gasteiger partial charge in [-0.2, -0.15) is 4.52 Å². The topological polar surface area (TPSA) is 79.6 Å². The van der Waals surface area contributed by atoms with Gasteiger partial charge in [0.1, 0.15) is 0 Å². The summed E-state index contributed by atoms with van der Waals surface area (Å²) in [5.41, 5.74) is 0.602. The highest BCUT2D eigenvalue weighted by molar-refractivity contribution is 7.20. The lowest BCUT2D eigenvalue weighted by molar-refractivity contribution is -0.132. The molecule has 1 aliphatic heterocycles. The maximum absolute atomic E-state index is 11.9. The molecule has 1 atom stereocenters. The van der Waals surface area contributed by atoms with E-state index in [4.69, 9.17) is 0 Å². The average Bonchev–Trinajstić information content (AvgIpc) is 2.86. The first-order valence-corrected chi connectivity index (χ1v) is 7.78. The van der Waals surface area contributed by atoms with Crippen LogP contribution in [0.4, 0.5) is 5.13 Å². The first-order valence-electron chi connectivity index (χ1n) is 6.97. The minimum atomic E-state index is -0.166. The minimum absolute atomic E-state index is 0.0654. The van der Waals surface area contributed by atoms with E-state index in [1.807, 2.05) is 14.0 Å². The molecular formula is C13H17N5O2S. The van der Waals surface area contributed by atoms with E-state index in [1.54, 1.807) is 4.90 Å². The third-order valence-corrected chi connectivity index (χ3v) is 4.49. The summed E-state index contributed by atoms with van der Waals surface area (Å²) < 4.78 is 1.31. The van der Waals surface area contributed by atoms with E-state index >= 15 is 0 Å². The number of likely N-dealkylation sites (tertiary alicyclic amines) is 1. The minimum Gasteiger partial charge on any atom is -0.357 e. The molecule has 3 rings (SSSR count). The standard InChI is InChI=1S/C13H17N5O2S/c1-3-8-6-11(20)18-13(15-8)21-12(16-18)14-9-4-5-17(2)10(19)7-9/h6,9H,3-5,7H2,1-2H3,(H,14,16). The summed E-state index contributed by atoms with van der Waals surface area (Å²) in [4.78, 5) is 30.4. The predicted octanol–water partition coefficient (Wildman–Crippen LogP) is 0.746. The number of aromatic nitrogens is 3. The van der Waals surface area contributed by atoms with Gasteiger partial charge < -0.3 is 10.2 Å². The third kappa shape index (κ3) is 2.76. The molecule has 1 N–H and O–H groups in total. The lowest BCUT2D eigenvalue weighted by Gasteiger charge is -2.28. The summed E-state index contributed by atoms with van der Waals surface area (Å²) in [6.07, 6.45) is 2.05. The molecule has 1 aliphatic rings. The molecule has 0 radical (unpaired) electrons. The van der Waals surface area contributed by atoms with Crippen molar-refractivity contribution in [2.45, 2.75) is 32.2 Å². The zero-order valence-electron chi connectivity index (χ0n) is 12.0. The van der Waals surface area contributed by atoms with Crippen LogP contribution in [-0.4, -0.2) is 45.0 Å². The van der Waals surface area contributed by atoms with Crippen molar-refractivity contribution in [1.82, 2.24) is 19.5 Å². The highest BCUT2D eigenvalue weighted by atomic mass is 32.1. The van der Waals surface area contributed by atoms with E-state index in [1.165, 1.54) is 21.9 Å². The van der Waals surface area contributed by atoms with Gasteiger partial charge in [0, 0.05) is 37.8 Å². The second kappa shape index (κ2) is 5.44. The Balaban J connectivity index is 1.83. The molecule has 0 aromatic carbocycles. The molecule has 0 spiro atoms. The van der Waals surface area contributed by atoms with Crippen LogP contribution in [0.2, 0.25) is 0 Å². The van der Waals surface area contributed by atoms with Crippen LogP contribution < -0.4 is 10.9 Å². The van der Waals surface area contributed by atoms with Gasteiger partial charge in [-0.15, -0.1) is 5.10 Å². The summed E-state index contributed by atoms with van der Waals surface area (Å²) in [6, 6.07) is 1.57. The molecule has 2 aromatic rings. The molecule has 0 aliphatic carbocycles. The van der Waals surface area contributed by atoms with E-state index in [0.29, 0.717) is 16.5 Å². The van der Waals surface area contributed by atoms with Gasteiger partial charge in [-0.25, -0.2) is 4.98 Å². The number of rotatable bonds is 3. The second-order valence-corrected chi connectivity index (χ2v) is 6.15. The Kier molecular flexibility index (Phi) is 3.62. The van der Waals surface area contributed by atoms with Crippen molar-refractivity contribution in [3.63, 3.8) is 0 Å². The molecule has 1 amide bonds. The Morgan fingerprint density at radius 3 is 3.00 bits per heavy atom. The van der Waals surface area contributed by atoms with Gasteiger partial charge in [0.25, 0.3) is 5.56 Å². The van der Waals surface area contributed by atoms with Crippen LogP contribution in [0.3, 0.4) is 0 Å². The summed E-state index contributed by atoms with van der Waals surface area (Å²) in [7, 11) is 1.81. The van der Waals surface area contributed by atoms with Crippen molar-refractivity contribution in [3.05, 3.63) is 22.1 Å². The predicted molar refractivity (Wildman–Crippen MR) is 80.8 cm³/mol. The molecule has 2 aromatic heterocycles. The van der Waals surface area contributed by atoms with E-state index in [0.717, 1.165) is 25.1 Å². The fourth-order valence-electron chi connectivity index (χ4n) is 2.34. The molecule has 7 nitrogen and oxygen atoms in total. The molecule has 112 valence electrons. The monoisotopic (exact) mass is 307 g/mol. The van der Waals surface area contributed by atoms with Crippen LogP contribution in [0.5, 0.6) is 0 Å². The number of anilines is 1. The van der Waals surface area contributed by atoms with E-state index in [2.05, 4.69) is 15.4 Å². The molecule has 1 fully saturated rings. The zero-order chi connectivity index (χ0) is 15.0. The van der Waals surface area contributed by atoms with E-state index in [-0.39, 0.29) is 17.5 Å². The van der Waals surface area contributed by atoms with Crippen molar-refractivity contribution < 1.29 is 4.79 Å². The first kappa shape index (κ1) is 14.0. The summed E-state index contributed by atoms with van der Waals surface area (Å²) in [5, 5.41) is 8.13. The molecule has 21 heavy (non-hydrogen) atoms. The quantitative estimate of drug-likeness (QED) is 0.905. The summed E-state index contributed by atoms with van der Waals surface area (Å²) >= 11 is 1.34. The van der Waals surface area contributed by atoms with Crippen molar-refractivity contribution >= 4 is 27.3 Å². The first-order chi connectivity index (χ1) is 10.1. The second-order valence-electron chi connectivity index (χ2n) is 5.19. The number of hydrogen-bond donors (Lipinski definition) is 1. The molecule has 0 bridgehead atoms. The van der Waals surface area contributed by atoms with Gasteiger partial charge in [0.2, 0.25) is 16.0 Å². The largest absolute Gasteiger partial charge is 0.357 e. The Hall–Kier alpha value is -1.96. The van der Waals surface area contributed by atoms with Gasteiger partial charge >= 0.3 is 0 Å². The molecular weight excluding hydrogens is 290 g/mol. The molecule has 8 heteroatoms. The highest BCUT2D eigenvalue weighted by Gasteiger charge is 2.24. The summed E-state index contributed by atoms with van der Waals surface area (Å²) in [6.45, 7) is 2.70. The number of carbonyl (C=O) groups excluding carboxylic acids is 1. The maximum atomic E-state index is 11.9. The van der Waals surface area contributed by atoms with Crippen molar-refractivity contribution in [1.29, 1.82) is 0 Å². The molecule has 1 saturated heterocycles. The van der Waals surface area contributed by atoms with E-state index in [9.17, 15) is 9.59 Å². The number of aryl methyl sites for hydroxylation is 1. The lowest BCUT2D eigenvalue weighted by Crippen LogP contribution is -2.41. The van der Waals surface area contributed by atoms with Crippen LogP contribution >= 0.6 is 11.3 Å². The van der Waals surface area contributed by atoms with Gasteiger partial charge in [0.05, 0.1) is 0 Å². The van der Waals surface area contributed by atoms with Crippen LogP contribution in [0.15, 0.2) is 10.9 Å². The van der Waals surface area contributed by atoms with Crippen molar-refractivity contribution in [2.24, 2.45) is 0 Å². The SMILES string of the molecule is CCc1cc(=O)n2nc(NC3CCN(C)C(=O)C3)sc2n1. The zero-order valence-corrected chi connectivity index (χ0v) is 12.8.